The highest BCUT2D eigenvalue weighted by Gasteiger charge is 2.12. The van der Waals surface area contributed by atoms with Crippen LogP contribution in [0, 0.1) is 6.92 Å². The molecule has 0 saturated heterocycles. The van der Waals surface area contributed by atoms with Crippen LogP contribution in [0.15, 0.2) is 63.1 Å². The van der Waals surface area contributed by atoms with Crippen LogP contribution in [0.25, 0.3) is 28.1 Å². The largest absolute Gasteiger partial charge is 0.544 e. The zero-order valence-electron chi connectivity index (χ0n) is 13.3. The molecule has 0 bridgehead atoms. The molecule has 0 aliphatic rings. The maximum absolute atomic E-state index is 11.6. The van der Waals surface area contributed by atoms with Gasteiger partial charge in [-0.05, 0) is 43.0 Å². The van der Waals surface area contributed by atoms with E-state index in [1.165, 1.54) is 0 Å². The Balaban J connectivity index is 1.76. The van der Waals surface area contributed by atoms with Gasteiger partial charge in [0.1, 0.15) is 5.52 Å². The van der Waals surface area contributed by atoms with Crippen molar-refractivity contribution in [2.45, 2.75) is 12.1 Å². The molecular formula is C19H13N2O3S-. The number of H-pyrrole nitrogens is 1. The fourth-order valence-electron chi connectivity index (χ4n) is 2.73. The third-order valence-electron chi connectivity index (χ3n) is 3.89. The molecule has 2 heterocycles. The Morgan fingerprint density at radius 1 is 1.20 bits per heavy atom. The number of aromatic amines is 1. The van der Waals surface area contributed by atoms with Crippen LogP contribution in [-0.2, 0) is 4.79 Å². The number of hydrogen-bond donors (Lipinski definition) is 1. The first-order chi connectivity index (χ1) is 12.1. The molecule has 0 saturated carbocycles. The van der Waals surface area contributed by atoms with E-state index in [1.807, 2.05) is 49.4 Å². The van der Waals surface area contributed by atoms with E-state index in [2.05, 4.69) is 9.97 Å². The number of carbonyl (C=O) groups is 1. The summed E-state index contributed by atoms with van der Waals surface area (Å²) in [7, 11) is 0. The van der Waals surface area contributed by atoms with Gasteiger partial charge >= 0.3 is 0 Å². The van der Waals surface area contributed by atoms with E-state index in [-0.39, 0.29) is 10.1 Å². The number of carboxylic acid groups (broad SMARTS) is 1. The van der Waals surface area contributed by atoms with E-state index < -0.39 is 5.97 Å². The zero-order chi connectivity index (χ0) is 17.4. The van der Waals surface area contributed by atoms with Crippen molar-refractivity contribution in [3.05, 3.63) is 64.7 Å². The lowest BCUT2D eigenvalue weighted by molar-refractivity contribution is -0.298. The Bertz CT molecular complexity index is 1090. The molecule has 2 aromatic carbocycles. The second-order valence-electron chi connectivity index (χ2n) is 5.55. The second-order valence-corrected chi connectivity index (χ2v) is 6.55. The first-order valence-corrected chi connectivity index (χ1v) is 8.47. The highest BCUT2D eigenvalue weighted by atomic mass is 32.2. The summed E-state index contributed by atoms with van der Waals surface area (Å²) in [5.74, 6) is -1.27. The van der Waals surface area contributed by atoms with E-state index in [0.717, 1.165) is 33.9 Å². The van der Waals surface area contributed by atoms with Crippen LogP contribution in [0.5, 0.6) is 0 Å². The number of rotatable bonds is 4. The Hall–Kier alpha value is -2.99. The summed E-state index contributed by atoms with van der Waals surface area (Å²) in [4.78, 5) is 19.2. The lowest BCUT2D eigenvalue weighted by Gasteiger charge is -2.06. The van der Waals surface area contributed by atoms with Crippen molar-refractivity contribution in [1.29, 1.82) is 0 Å². The van der Waals surface area contributed by atoms with Crippen molar-refractivity contribution < 1.29 is 14.3 Å². The second kappa shape index (κ2) is 6.14. The van der Waals surface area contributed by atoms with Crippen LogP contribution >= 0.6 is 11.8 Å². The number of carbonyl (C=O) groups excluding carboxylic acids is 1. The number of hydrogen-bond acceptors (Lipinski definition) is 5. The Kier molecular flexibility index (Phi) is 3.82. The standard InChI is InChI=1S/C19H14N2O3S/c1-11-13(12-6-2-3-7-14(12)20-11)10-17(18(22)23)25-19-21-15-8-4-5-9-16(15)24-19/h2-10,20H,1H3,(H,22,23)/p-1/b17-10-. The van der Waals surface area contributed by atoms with Gasteiger partial charge < -0.3 is 19.3 Å². The van der Waals surface area contributed by atoms with E-state index in [4.69, 9.17) is 4.42 Å². The van der Waals surface area contributed by atoms with Crippen molar-refractivity contribution >= 4 is 45.8 Å². The fraction of sp³-hybridized carbons (Fsp3) is 0.0526. The van der Waals surface area contributed by atoms with Crippen molar-refractivity contribution in [2.24, 2.45) is 0 Å². The number of oxazole rings is 1. The fourth-order valence-corrected chi connectivity index (χ4v) is 3.46. The van der Waals surface area contributed by atoms with Gasteiger partial charge in [0, 0.05) is 27.1 Å². The number of aliphatic carboxylic acids is 1. The Labute approximate surface area is 147 Å². The molecule has 2 aromatic heterocycles. The van der Waals surface area contributed by atoms with Gasteiger partial charge in [0.05, 0.1) is 5.97 Å². The van der Waals surface area contributed by atoms with Crippen LogP contribution in [-0.4, -0.2) is 15.9 Å². The highest BCUT2D eigenvalue weighted by molar-refractivity contribution is 8.03. The van der Waals surface area contributed by atoms with Gasteiger partial charge in [0.15, 0.2) is 5.58 Å². The molecule has 0 amide bonds. The third kappa shape index (κ3) is 2.92. The number of benzene rings is 2. The quantitative estimate of drug-likeness (QED) is 0.450. The molecule has 0 aliphatic heterocycles. The molecule has 0 spiro atoms. The van der Waals surface area contributed by atoms with Crippen molar-refractivity contribution in [3.63, 3.8) is 0 Å². The monoisotopic (exact) mass is 349 g/mol. The molecule has 0 unspecified atom stereocenters. The molecule has 1 N–H and O–H groups in total. The summed E-state index contributed by atoms with van der Waals surface area (Å²) in [5.41, 5.74) is 3.96. The molecule has 0 aliphatic carbocycles. The molecule has 4 aromatic rings. The number of para-hydroxylation sites is 3. The maximum atomic E-state index is 11.6. The topological polar surface area (TPSA) is 82.0 Å². The molecule has 124 valence electrons. The van der Waals surface area contributed by atoms with Gasteiger partial charge in [0.25, 0.3) is 5.22 Å². The van der Waals surface area contributed by atoms with E-state index in [0.29, 0.717) is 11.1 Å². The Morgan fingerprint density at radius 3 is 2.76 bits per heavy atom. The number of nitrogens with zero attached hydrogens (tertiary/aromatic N) is 1. The SMILES string of the molecule is Cc1[nH]c2ccccc2c1/C=C(\Sc1nc2ccccc2o1)C(=O)[O-]. The smallest absolute Gasteiger partial charge is 0.261 e. The van der Waals surface area contributed by atoms with Crippen molar-refractivity contribution in [3.8, 4) is 0 Å². The number of fused-ring (bicyclic) bond motifs is 2. The normalized spacial score (nSPS) is 12.1. The van der Waals surface area contributed by atoms with Gasteiger partial charge in [0.2, 0.25) is 0 Å². The van der Waals surface area contributed by atoms with Crippen LogP contribution in [0.3, 0.4) is 0 Å². The number of aryl methyl sites for hydroxylation is 1. The number of aromatic nitrogens is 2. The average molecular weight is 349 g/mol. The molecule has 0 atom stereocenters. The van der Waals surface area contributed by atoms with E-state index in [1.54, 1.807) is 12.1 Å². The molecular weight excluding hydrogens is 336 g/mol. The minimum atomic E-state index is -1.27. The molecule has 0 fully saturated rings. The van der Waals surface area contributed by atoms with Crippen LogP contribution in [0.2, 0.25) is 0 Å². The lowest BCUT2D eigenvalue weighted by Crippen LogP contribution is -2.23. The van der Waals surface area contributed by atoms with Gasteiger partial charge in [-0.15, -0.1) is 0 Å². The number of thioether (sulfide) groups is 1. The minimum absolute atomic E-state index is 0.0411. The lowest BCUT2D eigenvalue weighted by atomic mass is 10.1. The summed E-state index contributed by atoms with van der Waals surface area (Å²) >= 11 is 0.945. The first-order valence-electron chi connectivity index (χ1n) is 7.65. The van der Waals surface area contributed by atoms with Crippen molar-refractivity contribution in [1.82, 2.24) is 9.97 Å². The third-order valence-corrected chi connectivity index (χ3v) is 4.75. The summed E-state index contributed by atoms with van der Waals surface area (Å²) in [6, 6.07) is 15.0. The Morgan fingerprint density at radius 2 is 1.96 bits per heavy atom. The minimum Gasteiger partial charge on any atom is -0.544 e. The van der Waals surface area contributed by atoms with Crippen LogP contribution in [0.4, 0.5) is 0 Å². The maximum Gasteiger partial charge on any atom is 0.261 e. The van der Waals surface area contributed by atoms with Crippen LogP contribution in [0.1, 0.15) is 11.3 Å². The number of carboxylic acids is 1. The first kappa shape index (κ1) is 15.5. The summed E-state index contributed by atoms with van der Waals surface area (Å²) in [5, 5.41) is 12.8. The van der Waals surface area contributed by atoms with E-state index in [9.17, 15) is 9.90 Å². The highest BCUT2D eigenvalue weighted by Crippen LogP contribution is 2.32. The van der Waals surface area contributed by atoms with Gasteiger partial charge in [-0.25, -0.2) is 4.98 Å². The molecule has 25 heavy (non-hydrogen) atoms. The van der Waals surface area contributed by atoms with Gasteiger partial charge in [-0.1, -0.05) is 30.3 Å². The van der Waals surface area contributed by atoms with Gasteiger partial charge in [-0.2, -0.15) is 0 Å². The molecule has 0 radical (unpaired) electrons. The predicted octanol–water partition coefficient (Wildman–Crippen LogP) is 3.50. The summed E-state index contributed by atoms with van der Waals surface area (Å²) < 4.78 is 5.60. The van der Waals surface area contributed by atoms with Crippen LogP contribution < -0.4 is 5.11 Å². The number of nitrogens with one attached hydrogen (secondary N) is 1. The summed E-state index contributed by atoms with van der Waals surface area (Å²) in [6.45, 7) is 1.91. The van der Waals surface area contributed by atoms with Gasteiger partial charge in [-0.3, -0.25) is 0 Å². The zero-order valence-corrected chi connectivity index (χ0v) is 14.1. The summed E-state index contributed by atoms with van der Waals surface area (Å²) in [6.07, 6.45) is 1.60. The average Bonchev–Trinajstić information content (AvgIpc) is 3.14. The predicted molar refractivity (Wildman–Crippen MR) is 95.9 cm³/mol. The van der Waals surface area contributed by atoms with Crippen molar-refractivity contribution in [2.75, 3.05) is 0 Å². The molecule has 4 rings (SSSR count). The van der Waals surface area contributed by atoms with E-state index >= 15 is 0 Å². The molecule has 6 heteroatoms. The molecule has 5 nitrogen and oxygen atoms in total.